The Labute approximate surface area is 140 Å². The number of rotatable bonds is 4. The van der Waals surface area contributed by atoms with Gasteiger partial charge in [-0.3, -0.25) is 14.2 Å². The lowest BCUT2D eigenvalue weighted by Crippen LogP contribution is -2.28. The molecule has 1 aromatic carbocycles. The zero-order valence-corrected chi connectivity index (χ0v) is 14.4. The average Bonchev–Trinajstić information content (AvgIpc) is 2.57. The van der Waals surface area contributed by atoms with Gasteiger partial charge in [-0.1, -0.05) is 37.2 Å². The summed E-state index contributed by atoms with van der Waals surface area (Å²) in [4.78, 5) is 29.8. The Bertz CT molecular complexity index is 784. The molecule has 2 aromatic rings. The van der Waals surface area contributed by atoms with E-state index in [1.54, 1.807) is 4.57 Å². The van der Waals surface area contributed by atoms with Crippen LogP contribution in [0, 0.1) is 0 Å². The highest BCUT2D eigenvalue weighted by molar-refractivity contribution is 8.00. The number of benzene rings is 1. The van der Waals surface area contributed by atoms with Gasteiger partial charge < -0.3 is 0 Å². The number of carbonyl (C=O) groups excluding carboxylic acids is 1. The van der Waals surface area contributed by atoms with Crippen LogP contribution in [0.5, 0.6) is 0 Å². The van der Waals surface area contributed by atoms with Crippen LogP contribution in [0.4, 0.5) is 0 Å². The molecule has 0 saturated heterocycles. The Balaban J connectivity index is 2.10. The van der Waals surface area contributed by atoms with Crippen LogP contribution in [0.15, 0.2) is 34.2 Å². The Morgan fingerprint density at radius 1 is 1.30 bits per heavy atom. The number of aromatic nitrogens is 2. The van der Waals surface area contributed by atoms with Crippen LogP contribution in [-0.4, -0.2) is 20.6 Å². The van der Waals surface area contributed by atoms with Gasteiger partial charge >= 0.3 is 0 Å². The van der Waals surface area contributed by atoms with Gasteiger partial charge in [0, 0.05) is 12.5 Å². The highest BCUT2D eigenvalue weighted by atomic mass is 32.2. The largest absolute Gasteiger partial charge is 0.298 e. The van der Waals surface area contributed by atoms with Crippen molar-refractivity contribution in [2.24, 2.45) is 0 Å². The smallest absolute Gasteiger partial charge is 0.262 e. The van der Waals surface area contributed by atoms with E-state index < -0.39 is 0 Å². The first kappa shape index (κ1) is 16.2. The Morgan fingerprint density at radius 2 is 2.09 bits per heavy atom. The van der Waals surface area contributed by atoms with Gasteiger partial charge in [0.1, 0.15) is 5.78 Å². The second-order valence-corrected chi connectivity index (χ2v) is 7.33. The van der Waals surface area contributed by atoms with E-state index in [-0.39, 0.29) is 16.9 Å². The van der Waals surface area contributed by atoms with Crippen molar-refractivity contribution in [1.82, 2.24) is 9.55 Å². The summed E-state index contributed by atoms with van der Waals surface area (Å²) < 4.78 is 1.77. The minimum Gasteiger partial charge on any atom is -0.298 e. The van der Waals surface area contributed by atoms with E-state index in [4.69, 9.17) is 4.98 Å². The first-order chi connectivity index (χ1) is 11.1. The van der Waals surface area contributed by atoms with Gasteiger partial charge in [0.25, 0.3) is 5.56 Å². The van der Waals surface area contributed by atoms with Crippen LogP contribution in [0.3, 0.4) is 0 Å². The molecule has 122 valence electrons. The molecule has 1 fully saturated rings. The normalized spacial score (nSPS) is 19.9. The third kappa shape index (κ3) is 3.20. The molecule has 4 nitrogen and oxygen atoms in total. The molecule has 1 aliphatic rings. The van der Waals surface area contributed by atoms with Crippen molar-refractivity contribution in [2.75, 3.05) is 0 Å². The number of Topliss-reactive ketones (excluding diaryl/α,β-unsaturated/α-hetero) is 1. The van der Waals surface area contributed by atoms with Gasteiger partial charge in [-0.25, -0.2) is 4.98 Å². The molecule has 0 N–H and O–H groups in total. The van der Waals surface area contributed by atoms with Crippen LogP contribution < -0.4 is 5.56 Å². The summed E-state index contributed by atoms with van der Waals surface area (Å²) in [5, 5.41) is 1.27. The van der Waals surface area contributed by atoms with Crippen LogP contribution in [0.25, 0.3) is 10.9 Å². The fourth-order valence-electron chi connectivity index (χ4n) is 2.98. The van der Waals surface area contributed by atoms with Crippen LogP contribution in [0.1, 0.15) is 52.0 Å². The van der Waals surface area contributed by atoms with Crippen LogP contribution in [-0.2, 0) is 4.79 Å². The van der Waals surface area contributed by atoms with Gasteiger partial charge in [0.15, 0.2) is 5.16 Å². The molecular weight excluding hydrogens is 308 g/mol. The maximum atomic E-state index is 12.9. The summed E-state index contributed by atoms with van der Waals surface area (Å²) in [6.45, 7) is 4.09. The number of para-hydroxylation sites is 1. The lowest BCUT2D eigenvalue weighted by molar-refractivity contribution is -0.119. The zero-order chi connectivity index (χ0) is 16.4. The molecule has 0 aliphatic heterocycles. The highest BCUT2D eigenvalue weighted by Gasteiger charge is 2.26. The van der Waals surface area contributed by atoms with Gasteiger partial charge in [-0.2, -0.15) is 0 Å². The quantitative estimate of drug-likeness (QED) is 0.796. The van der Waals surface area contributed by atoms with Gasteiger partial charge in [-0.05, 0) is 38.3 Å². The van der Waals surface area contributed by atoms with Crippen LogP contribution in [0.2, 0.25) is 0 Å². The summed E-state index contributed by atoms with van der Waals surface area (Å²) >= 11 is 1.47. The van der Waals surface area contributed by atoms with Crippen molar-refractivity contribution >= 4 is 28.4 Å². The SMILES string of the molecule is CC[C@@H](C)n1c(S[C@H]2CCCCC2=O)nc2ccccc2c1=O. The molecular formula is C18H22N2O2S. The zero-order valence-electron chi connectivity index (χ0n) is 13.6. The molecule has 3 rings (SSSR count). The third-order valence-corrected chi connectivity index (χ3v) is 5.84. The standard InChI is InChI=1S/C18H22N2O2S/c1-3-12(2)20-17(22)13-8-4-5-9-14(13)19-18(20)23-16-11-7-6-10-15(16)21/h4-5,8-9,12,16H,3,6-7,10-11H2,1-2H3/t12-,16+/m1/s1. The lowest BCUT2D eigenvalue weighted by Gasteiger charge is -2.23. The van der Waals surface area contributed by atoms with Gasteiger partial charge in [-0.15, -0.1) is 0 Å². The highest BCUT2D eigenvalue weighted by Crippen LogP contribution is 2.32. The number of hydrogen-bond acceptors (Lipinski definition) is 4. The molecule has 23 heavy (non-hydrogen) atoms. The topological polar surface area (TPSA) is 52.0 Å². The van der Waals surface area contributed by atoms with Crippen LogP contribution >= 0.6 is 11.8 Å². The Hall–Kier alpha value is -1.62. The maximum absolute atomic E-state index is 12.9. The van der Waals surface area contributed by atoms with Crippen molar-refractivity contribution in [3.05, 3.63) is 34.6 Å². The van der Waals surface area contributed by atoms with Crippen molar-refractivity contribution in [2.45, 2.75) is 62.4 Å². The van der Waals surface area contributed by atoms with Gasteiger partial charge in [0.2, 0.25) is 0 Å². The second kappa shape index (κ2) is 6.87. The number of fused-ring (bicyclic) bond motifs is 1. The van der Waals surface area contributed by atoms with E-state index >= 15 is 0 Å². The number of hydrogen-bond donors (Lipinski definition) is 0. The number of carbonyl (C=O) groups is 1. The number of thioether (sulfide) groups is 1. The molecule has 0 spiro atoms. The Kier molecular flexibility index (Phi) is 4.85. The molecule has 2 atom stereocenters. The van der Waals surface area contributed by atoms with Crippen molar-refractivity contribution < 1.29 is 4.79 Å². The molecule has 0 radical (unpaired) electrons. The van der Waals surface area contributed by atoms with Crippen molar-refractivity contribution in [3.63, 3.8) is 0 Å². The van der Waals surface area contributed by atoms with Crippen molar-refractivity contribution in [1.29, 1.82) is 0 Å². The average molecular weight is 330 g/mol. The maximum Gasteiger partial charge on any atom is 0.262 e. The molecule has 1 heterocycles. The third-order valence-electron chi connectivity index (χ3n) is 4.55. The molecule has 1 aliphatic carbocycles. The molecule has 0 bridgehead atoms. The fourth-order valence-corrected chi connectivity index (χ4v) is 4.30. The predicted molar refractivity (Wildman–Crippen MR) is 94.1 cm³/mol. The summed E-state index contributed by atoms with van der Waals surface area (Å²) in [5.74, 6) is 0.291. The molecule has 1 saturated carbocycles. The van der Waals surface area contributed by atoms with E-state index in [2.05, 4.69) is 6.92 Å². The molecule has 1 aromatic heterocycles. The first-order valence-corrected chi connectivity index (χ1v) is 9.20. The Morgan fingerprint density at radius 3 is 2.83 bits per heavy atom. The molecule has 0 unspecified atom stereocenters. The summed E-state index contributed by atoms with van der Waals surface area (Å²) in [5.41, 5.74) is 0.707. The molecule has 5 heteroatoms. The van der Waals surface area contributed by atoms with Crippen molar-refractivity contribution in [3.8, 4) is 0 Å². The van der Waals surface area contributed by atoms with E-state index in [9.17, 15) is 9.59 Å². The minimum absolute atomic E-state index is 0.00397. The predicted octanol–water partition coefficient (Wildman–Crippen LogP) is 3.97. The number of ketones is 1. The summed E-state index contributed by atoms with van der Waals surface area (Å²) in [6, 6.07) is 7.52. The first-order valence-electron chi connectivity index (χ1n) is 8.32. The fraction of sp³-hybridized carbons (Fsp3) is 0.500. The summed E-state index contributed by atoms with van der Waals surface area (Å²) in [7, 11) is 0. The summed E-state index contributed by atoms with van der Waals surface area (Å²) in [6.07, 6.45) is 4.45. The molecule has 0 amide bonds. The van der Waals surface area contributed by atoms with E-state index in [0.29, 0.717) is 28.3 Å². The van der Waals surface area contributed by atoms with Gasteiger partial charge in [0.05, 0.1) is 16.2 Å². The second-order valence-electron chi connectivity index (χ2n) is 6.16. The lowest BCUT2D eigenvalue weighted by atomic mass is 9.99. The minimum atomic E-state index is -0.0629. The van der Waals surface area contributed by atoms with E-state index in [1.807, 2.05) is 31.2 Å². The van der Waals surface area contributed by atoms with E-state index in [1.165, 1.54) is 11.8 Å². The number of nitrogens with zero attached hydrogens (tertiary/aromatic N) is 2. The van der Waals surface area contributed by atoms with E-state index in [0.717, 1.165) is 25.7 Å². The monoisotopic (exact) mass is 330 g/mol.